The van der Waals surface area contributed by atoms with E-state index in [0.29, 0.717) is 17.0 Å². The molecule has 8 heteroatoms. The fourth-order valence-electron chi connectivity index (χ4n) is 4.85. The molecule has 1 aliphatic rings. The third-order valence-electron chi connectivity index (χ3n) is 6.63. The summed E-state index contributed by atoms with van der Waals surface area (Å²) in [4.78, 5) is 27.3. The first-order chi connectivity index (χ1) is 17.2. The summed E-state index contributed by atoms with van der Waals surface area (Å²) >= 11 is 6.07. The van der Waals surface area contributed by atoms with E-state index in [9.17, 15) is 14.7 Å². The van der Waals surface area contributed by atoms with Crippen LogP contribution < -0.4 is 15.5 Å². The molecule has 3 aromatic carbocycles. The number of aliphatic hydroxyl groups excluding tert-OH is 2. The highest BCUT2D eigenvalue weighted by Gasteiger charge is 2.44. The van der Waals surface area contributed by atoms with Gasteiger partial charge in [-0.2, -0.15) is 0 Å². The monoisotopic (exact) mass is 507 g/mol. The fourth-order valence-corrected chi connectivity index (χ4v) is 4.97. The molecule has 1 heterocycles. The second-order valence-electron chi connectivity index (χ2n) is 9.22. The topological polar surface area (TPSA) is 102 Å². The van der Waals surface area contributed by atoms with Crippen LogP contribution in [0.15, 0.2) is 72.8 Å². The lowest BCUT2D eigenvalue weighted by atomic mass is 9.77. The number of para-hydroxylation sites is 1. The summed E-state index contributed by atoms with van der Waals surface area (Å²) in [5.74, 6) is -0.423. The van der Waals surface area contributed by atoms with Gasteiger partial charge in [0, 0.05) is 35.4 Å². The maximum Gasteiger partial charge on any atom is 0.251 e. The smallest absolute Gasteiger partial charge is 0.251 e. The molecule has 0 saturated heterocycles. The molecule has 7 nitrogen and oxygen atoms in total. The van der Waals surface area contributed by atoms with Crippen molar-refractivity contribution in [1.82, 2.24) is 5.32 Å². The molecule has 0 bridgehead atoms. The number of nitrogens with one attached hydrogen (secondary N) is 2. The number of rotatable bonds is 7. The molecule has 0 saturated carbocycles. The second-order valence-corrected chi connectivity index (χ2v) is 9.66. The largest absolute Gasteiger partial charge is 0.394 e. The standard InChI is InChI=1S/C28H30ClN3O4/c1-18(34)32-26-6-4-3-5-24(26)25(31-22-13-11-21(29)12-14-22)15-28(32,2)20-9-7-19(8-10-20)27(36)30-16-23(35)17-33/h3-14,23,25,31,33,35H,15-17H2,1-2H3,(H,30,36)/t23-,25+,28-/m0/s1. The third kappa shape index (κ3) is 5.23. The molecule has 4 rings (SSSR count). The van der Waals surface area contributed by atoms with E-state index in [2.05, 4.69) is 10.6 Å². The van der Waals surface area contributed by atoms with Crippen molar-refractivity contribution in [2.24, 2.45) is 0 Å². The van der Waals surface area contributed by atoms with Gasteiger partial charge in [-0.1, -0.05) is 41.9 Å². The number of halogens is 1. The molecule has 0 aromatic heterocycles. The molecular weight excluding hydrogens is 478 g/mol. The predicted octanol–water partition coefficient (Wildman–Crippen LogP) is 4.25. The molecule has 3 aromatic rings. The average Bonchev–Trinajstić information content (AvgIpc) is 2.88. The SMILES string of the molecule is CC(=O)N1c2ccccc2[C@H](Nc2ccc(Cl)cc2)C[C@@]1(C)c1ccc(C(=O)NC[C@H](O)CO)cc1. The first-order valence-electron chi connectivity index (χ1n) is 11.8. The quantitative estimate of drug-likeness (QED) is 0.383. The van der Waals surface area contributed by atoms with E-state index in [1.165, 1.54) is 0 Å². The zero-order chi connectivity index (χ0) is 25.9. The highest BCUT2D eigenvalue weighted by atomic mass is 35.5. The Morgan fingerprint density at radius 2 is 1.75 bits per heavy atom. The predicted molar refractivity (Wildman–Crippen MR) is 141 cm³/mol. The lowest BCUT2D eigenvalue weighted by Crippen LogP contribution is -2.51. The molecule has 3 atom stereocenters. The van der Waals surface area contributed by atoms with Gasteiger partial charge < -0.3 is 25.7 Å². The van der Waals surface area contributed by atoms with E-state index in [1.807, 2.05) is 72.5 Å². The zero-order valence-corrected chi connectivity index (χ0v) is 21.0. The maximum atomic E-state index is 13.0. The van der Waals surface area contributed by atoms with Crippen molar-refractivity contribution in [3.63, 3.8) is 0 Å². The molecule has 0 radical (unpaired) electrons. The Balaban J connectivity index is 1.68. The van der Waals surface area contributed by atoms with Crippen LogP contribution in [-0.4, -0.2) is 41.3 Å². The number of hydrogen-bond acceptors (Lipinski definition) is 5. The van der Waals surface area contributed by atoms with E-state index < -0.39 is 18.2 Å². The highest BCUT2D eigenvalue weighted by Crippen LogP contribution is 2.48. The molecule has 0 fully saturated rings. The lowest BCUT2D eigenvalue weighted by molar-refractivity contribution is -0.118. The Morgan fingerprint density at radius 3 is 2.39 bits per heavy atom. The number of carbonyl (C=O) groups excluding carboxylic acids is 2. The lowest BCUT2D eigenvalue weighted by Gasteiger charge is -2.49. The number of aliphatic hydroxyl groups is 2. The van der Waals surface area contributed by atoms with Crippen LogP contribution in [0.3, 0.4) is 0 Å². The maximum absolute atomic E-state index is 13.0. The Labute approximate surface area is 215 Å². The van der Waals surface area contributed by atoms with Gasteiger partial charge in [-0.15, -0.1) is 0 Å². The van der Waals surface area contributed by atoms with Gasteiger partial charge in [0.25, 0.3) is 5.91 Å². The molecule has 0 spiro atoms. The van der Waals surface area contributed by atoms with E-state index >= 15 is 0 Å². The van der Waals surface area contributed by atoms with Gasteiger partial charge in [-0.05, 0) is 66.9 Å². The van der Waals surface area contributed by atoms with Crippen LogP contribution in [0.5, 0.6) is 0 Å². The van der Waals surface area contributed by atoms with Crippen molar-refractivity contribution in [3.05, 3.63) is 94.5 Å². The van der Waals surface area contributed by atoms with Crippen LogP contribution in [0, 0.1) is 0 Å². The summed E-state index contributed by atoms with van der Waals surface area (Å²) in [7, 11) is 0. The molecule has 4 N–H and O–H groups in total. The van der Waals surface area contributed by atoms with Crippen LogP contribution in [0.2, 0.25) is 5.02 Å². The van der Waals surface area contributed by atoms with Crippen LogP contribution in [-0.2, 0) is 10.3 Å². The summed E-state index contributed by atoms with van der Waals surface area (Å²) in [5.41, 5.74) is 3.42. The number of amides is 2. The van der Waals surface area contributed by atoms with Crippen LogP contribution >= 0.6 is 11.6 Å². The van der Waals surface area contributed by atoms with E-state index in [-0.39, 0.29) is 24.4 Å². The molecule has 0 unspecified atom stereocenters. The van der Waals surface area contributed by atoms with Crippen molar-refractivity contribution < 1.29 is 19.8 Å². The minimum Gasteiger partial charge on any atom is -0.394 e. The van der Waals surface area contributed by atoms with Gasteiger partial charge in [0.05, 0.1) is 24.3 Å². The number of hydrogen-bond donors (Lipinski definition) is 4. The number of fused-ring (bicyclic) bond motifs is 1. The van der Waals surface area contributed by atoms with E-state index in [0.717, 1.165) is 22.5 Å². The number of carbonyl (C=O) groups is 2. The Hall–Kier alpha value is -3.39. The fraction of sp³-hybridized carbons (Fsp3) is 0.286. The Morgan fingerprint density at radius 1 is 1.08 bits per heavy atom. The van der Waals surface area contributed by atoms with Gasteiger partial charge >= 0.3 is 0 Å². The second kappa shape index (κ2) is 10.7. The molecule has 0 aliphatic carbocycles. The summed E-state index contributed by atoms with van der Waals surface area (Å²) in [5, 5.41) is 25.3. The summed E-state index contributed by atoms with van der Waals surface area (Å²) < 4.78 is 0. The van der Waals surface area contributed by atoms with E-state index in [1.54, 1.807) is 19.1 Å². The van der Waals surface area contributed by atoms with Gasteiger partial charge in [-0.3, -0.25) is 9.59 Å². The molecular formula is C28H30ClN3O4. The minimum absolute atomic E-state index is 0.0399. The van der Waals surface area contributed by atoms with Crippen molar-refractivity contribution in [2.45, 2.75) is 38.0 Å². The van der Waals surface area contributed by atoms with Crippen LogP contribution in [0.25, 0.3) is 0 Å². The normalized spacial score (nSPS) is 19.8. The van der Waals surface area contributed by atoms with Gasteiger partial charge in [0.2, 0.25) is 5.91 Å². The van der Waals surface area contributed by atoms with Crippen LogP contribution in [0.4, 0.5) is 11.4 Å². The molecule has 36 heavy (non-hydrogen) atoms. The van der Waals surface area contributed by atoms with Crippen molar-refractivity contribution >= 4 is 34.8 Å². The number of benzene rings is 3. The zero-order valence-electron chi connectivity index (χ0n) is 20.2. The molecule has 1 aliphatic heterocycles. The third-order valence-corrected chi connectivity index (χ3v) is 6.88. The van der Waals surface area contributed by atoms with Crippen molar-refractivity contribution in [3.8, 4) is 0 Å². The average molecular weight is 508 g/mol. The summed E-state index contributed by atoms with van der Waals surface area (Å²) in [6.07, 6.45) is -0.413. The highest BCUT2D eigenvalue weighted by molar-refractivity contribution is 6.30. The van der Waals surface area contributed by atoms with Gasteiger partial charge in [0.15, 0.2) is 0 Å². The van der Waals surface area contributed by atoms with Gasteiger partial charge in [0.1, 0.15) is 0 Å². The summed E-state index contributed by atoms with van der Waals surface area (Å²) in [6, 6.07) is 22.5. The Bertz CT molecular complexity index is 1230. The number of anilines is 2. The van der Waals surface area contributed by atoms with Crippen molar-refractivity contribution in [2.75, 3.05) is 23.4 Å². The first-order valence-corrected chi connectivity index (χ1v) is 12.2. The number of nitrogens with zero attached hydrogens (tertiary/aromatic N) is 1. The van der Waals surface area contributed by atoms with Crippen LogP contribution in [0.1, 0.15) is 47.8 Å². The Kier molecular flexibility index (Phi) is 7.64. The van der Waals surface area contributed by atoms with Gasteiger partial charge in [-0.25, -0.2) is 0 Å². The summed E-state index contributed by atoms with van der Waals surface area (Å²) in [6.45, 7) is 3.14. The van der Waals surface area contributed by atoms with Crippen molar-refractivity contribution in [1.29, 1.82) is 0 Å². The minimum atomic E-state index is -1.01. The molecule has 2 amide bonds. The first kappa shape index (κ1) is 25.7. The van der Waals surface area contributed by atoms with E-state index in [4.69, 9.17) is 16.7 Å². The molecule has 188 valence electrons.